The van der Waals surface area contributed by atoms with Gasteiger partial charge in [-0.3, -0.25) is 4.79 Å². The zero-order valence-corrected chi connectivity index (χ0v) is 11.4. The molecule has 0 aliphatic heterocycles. The minimum absolute atomic E-state index is 0.0463. The highest BCUT2D eigenvalue weighted by molar-refractivity contribution is 9.10. The summed E-state index contributed by atoms with van der Waals surface area (Å²) < 4.78 is 11.3. The normalized spacial score (nSPS) is 10.2. The second kappa shape index (κ2) is 5.22. The van der Waals surface area contributed by atoms with Crippen LogP contribution in [0.25, 0.3) is 0 Å². The van der Waals surface area contributed by atoms with Crippen LogP contribution < -0.4 is 15.0 Å². The van der Waals surface area contributed by atoms with E-state index in [1.807, 2.05) is 19.1 Å². The summed E-state index contributed by atoms with van der Waals surface area (Å²) in [5.41, 5.74) is 0.714. The molecule has 2 aromatic rings. The summed E-state index contributed by atoms with van der Waals surface area (Å²) in [5.74, 6) is 0.743. The third kappa shape index (κ3) is 2.53. The van der Waals surface area contributed by atoms with Crippen molar-refractivity contribution in [2.45, 2.75) is 6.92 Å². The Morgan fingerprint density at radius 3 is 2.83 bits per heavy atom. The fourth-order valence-corrected chi connectivity index (χ4v) is 1.99. The molecule has 1 heterocycles. The summed E-state index contributed by atoms with van der Waals surface area (Å²) >= 11 is 3.39. The highest BCUT2D eigenvalue weighted by Crippen LogP contribution is 2.31. The van der Waals surface area contributed by atoms with Gasteiger partial charge in [-0.2, -0.15) is 0 Å². The molecule has 0 fully saturated rings. The Bertz CT molecular complexity index is 625. The fourth-order valence-electron chi connectivity index (χ4n) is 1.42. The van der Waals surface area contributed by atoms with Crippen LogP contribution in [0.1, 0.15) is 5.56 Å². The van der Waals surface area contributed by atoms with E-state index in [-0.39, 0.29) is 17.2 Å². The van der Waals surface area contributed by atoms with Gasteiger partial charge in [0.05, 0.1) is 17.9 Å². The van der Waals surface area contributed by atoms with E-state index in [1.165, 1.54) is 13.4 Å². The first kappa shape index (κ1) is 12.6. The van der Waals surface area contributed by atoms with Gasteiger partial charge < -0.3 is 14.5 Å². The molecule has 0 aliphatic rings. The van der Waals surface area contributed by atoms with Crippen LogP contribution in [0, 0.1) is 6.92 Å². The first-order chi connectivity index (χ1) is 8.61. The SMILES string of the molecule is COc1c(Oc2ccc(C)cc2Br)nc[nH]c1=O. The van der Waals surface area contributed by atoms with Crippen molar-refractivity contribution in [3.8, 4) is 17.4 Å². The van der Waals surface area contributed by atoms with E-state index < -0.39 is 0 Å². The molecule has 2 rings (SSSR count). The van der Waals surface area contributed by atoms with Crippen LogP contribution in [0.3, 0.4) is 0 Å². The third-order valence-corrected chi connectivity index (χ3v) is 2.90. The average molecular weight is 311 g/mol. The molecule has 1 N–H and O–H groups in total. The molecule has 0 bridgehead atoms. The number of aryl methyl sites for hydroxylation is 1. The van der Waals surface area contributed by atoms with Crippen LogP contribution in [0.4, 0.5) is 0 Å². The topological polar surface area (TPSA) is 64.2 Å². The molecule has 0 saturated heterocycles. The standard InChI is InChI=1S/C12H11BrN2O3/c1-7-3-4-9(8(13)5-7)18-12-10(17-2)11(16)14-6-15-12/h3-6H,1-2H3,(H,14,15,16). The van der Waals surface area contributed by atoms with Crippen LogP contribution in [-0.4, -0.2) is 17.1 Å². The van der Waals surface area contributed by atoms with Gasteiger partial charge in [-0.15, -0.1) is 0 Å². The number of methoxy groups -OCH3 is 1. The number of hydrogen-bond acceptors (Lipinski definition) is 4. The van der Waals surface area contributed by atoms with Gasteiger partial charge >= 0.3 is 0 Å². The van der Waals surface area contributed by atoms with Crippen molar-refractivity contribution in [3.05, 3.63) is 44.9 Å². The van der Waals surface area contributed by atoms with E-state index in [9.17, 15) is 4.79 Å². The quantitative estimate of drug-likeness (QED) is 0.946. The maximum atomic E-state index is 11.5. The maximum absolute atomic E-state index is 11.5. The second-order valence-electron chi connectivity index (χ2n) is 3.61. The van der Waals surface area contributed by atoms with Gasteiger partial charge in [0, 0.05) is 0 Å². The van der Waals surface area contributed by atoms with Gasteiger partial charge in [-0.25, -0.2) is 4.98 Å². The number of H-pyrrole nitrogens is 1. The minimum atomic E-state index is -0.384. The predicted octanol–water partition coefficient (Wildman–Crippen LogP) is 2.64. The largest absolute Gasteiger partial charge is 0.487 e. The van der Waals surface area contributed by atoms with Crippen LogP contribution >= 0.6 is 15.9 Å². The molecule has 6 heteroatoms. The molecule has 18 heavy (non-hydrogen) atoms. The molecule has 0 amide bonds. The van der Waals surface area contributed by atoms with Crippen molar-refractivity contribution in [1.82, 2.24) is 9.97 Å². The molecule has 1 aromatic carbocycles. The lowest BCUT2D eigenvalue weighted by Gasteiger charge is -2.09. The van der Waals surface area contributed by atoms with Crippen LogP contribution in [0.5, 0.6) is 17.4 Å². The Labute approximate surface area is 112 Å². The first-order valence-corrected chi connectivity index (χ1v) is 5.97. The van der Waals surface area contributed by atoms with Gasteiger partial charge in [0.1, 0.15) is 5.75 Å². The van der Waals surface area contributed by atoms with Crippen molar-refractivity contribution in [2.75, 3.05) is 7.11 Å². The molecule has 94 valence electrons. The summed E-state index contributed by atoms with van der Waals surface area (Å²) in [5, 5.41) is 0. The maximum Gasteiger partial charge on any atom is 0.297 e. The highest BCUT2D eigenvalue weighted by Gasteiger charge is 2.12. The number of halogens is 1. The lowest BCUT2D eigenvalue weighted by atomic mass is 10.2. The Balaban J connectivity index is 2.40. The second-order valence-corrected chi connectivity index (χ2v) is 4.46. The summed E-state index contributed by atoms with van der Waals surface area (Å²) in [4.78, 5) is 17.9. The summed E-state index contributed by atoms with van der Waals surface area (Å²) in [7, 11) is 1.39. The monoisotopic (exact) mass is 310 g/mol. The molecule has 1 aromatic heterocycles. The molecular formula is C12H11BrN2O3. The summed E-state index contributed by atoms with van der Waals surface area (Å²) in [6, 6.07) is 5.61. The average Bonchev–Trinajstić information content (AvgIpc) is 2.33. The Morgan fingerprint density at radius 1 is 1.39 bits per heavy atom. The van der Waals surface area contributed by atoms with Gasteiger partial charge in [0.25, 0.3) is 11.4 Å². The number of rotatable bonds is 3. The van der Waals surface area contributed by atoms with Crippen molar-refractivity contribution >= 4 is 15.9 Å². The van der Waals surface area contributed by atoms with E-state index in [0.29, 0.717) is 5.75 Å². The van der Waals surface area contributed by atoms with Crippen molar-refractivity contribution in [2.24, 2.45) is 0 Å². The van der Waals surface area contributed by atoms with Gasteiger partial charge in [-0.05, 0) is 40.5 Å². The van der Waals surface area contributed by atoms with Crippen molar-refractivity contribution in [1.29, 1.82) is 0 Å². The Morgan fingerprint density at radius 2 is 2.17 bits per heavy atom. The van der Waals surface area contributed by atoms with Crippen LogP contribution in [0.2, 0.25) is 0 Å². The number of ether oxygens (including phenoxy) is 2. The Kier molecular flexibility index (Phi) is 3.66. The molecule has 0 radical (unpaired) electrons. The zero-order chi connectivity index (χ0) is 13.1. The summed E-state index contributed by atoms with van der Waals surface area (Å²) in [6.07, 6.45) is 1.27. The molecule has 0 saturated carbocycles. The predicted molar refractivity (Wildman–Crippen MR) is 70.4 cm³/mol. The van der Waals surface area contributed by atoms with Crippen LogP contribution in [0.15, 0.2) is 33.8 Å². The summed E-state index contributed by atoms with van der Waals surface area (Å²) in [6.45, 7) is 1.97. The van der Waals surface area contributed by atoms with E-state index in [4.69, 9.17) is 9.47 Å². The number of nitrogens with one attached hydrogen (secondary N) is 1. The van der Waals surface area contributed by atoms with Gasteiger partial charge in [0.15, 0.2) is 0 Å². The van der Waals surface area contributed by atoms with Gasteiger partial charge in [-0.1, -0.05) is 6.07 Å². The zero-order valence-electron chi connectivity index (χ0n) is 9.86. The lowest BCUT2D eigenvalue weighted by Crippen LogP contribution is -2.11. The fraction of sp³-hybridized carbons (Fsp3) is 0.167. The minimum Gasteiger partial charge on any atom is -0.487 e. The number of benzene rings is 1. The molecular weight excluding hydrogens is 300 g/mol. The molecule has 0 atom stereocenters. The first-order valence-electron chi connectivity index (χ1n) is 5.17. The smallest absolute Gasteiger partial charge is 0.297 e. The number of aromatic nitrogens is 2. The molecule has 0 aliphatic carbocycles. The molecule has 0 spiro atoms. The van der Waals surface area contributed by atoms with E-state index >= 15 is 0 Å². The third-order valence-electron chi connectivity index (χ3n) is 2.28. The highest BCUT2D eigenvalue weighted by atomic mass is 79.9. The molecule has 5 nitrogen and oxygen atoms in total. The number of aromatic amines is 1. The van der Waals surface area contributed by atoms with Gasteiger partial charge in [0.2, 0.25) is 5.75 Å². The van der Waals surface area contributed by atoms with E-state index in [1.54, 1.807) is 6.07 Å². The number of nitrogens with zero attached hydrogens (tertiary/aromatic N) is 1. The van der Waals surface area contributed by atoms with E-state index in [2.05, 4.69) is 25.9 Å². The Hall–Kier alpha value is -1.82. The van der Waals surface area contributed by atoms with Crippen LogP contribution in [-0.2, 0) is 0 Å². The number of hydrogen-bond donors (Lipinski definition) is 1. The lowest BCUT2D eigenvalue weighted by molar-refractivity contribution is 0.362. The molecule has 0 unspecified atom stereocenters. The van der Waals surface area contributed by atoms with Crippen molar-refractivity contribution in [3.63, 3.8) is 0 Å². The van der Waals surface area contributed by atoms with E-state index in [0.717, 1.165) is 10.0 Å². The van der Waals surface area contributed by atoms with Crippen molar-refractivity contribution < 1.29 is 9.47 Å².